The summed E-state index contributed by atoms with van der Waals surface area (Å²) in [6, 6.07) is 7.15. The van der Waals surface area contributed by atoms with Gasteiger partial charge in [0.25, 0.3) is 11.5 Å². The van der Waals surface area contributed by atoms with Crippen LogP contribution < -0.4 is 15.0 Å². The molecule has 3 aromatic rings. The van der Waals surface area contributed by atoms with Gasteiger partial charge in [0.05, 0.1) is 25.0 Å². The maximum Gasteiger partial charge on any atom is 0.263 e. The van der Waals surface area contributed by atoms with Crippen LogP contribution >= 0.6 is 0 Å². The number of H-pyrrole nitrogens is 1. The standard InChI is InChI=1S/C22H23N5O4/c1-3-30-15-4-6-16(7-5-15)31-14(2)22(29)27-11-8-17-19(13-27)25-20(26-21(17)28)18-12-23-9-10-24-18/h4-7,9-10,12,14H,3,8,11,13H2,1-2H3,(H,25,26,28). The molecule has 1 N–H and O–H groups in total. The number of hydrogen-bond acceptors (Lipinski definition) is 7. The van der Waals surface area contributed by atoms with Crippen molar-refractivity contribution in [3.05, 3.63) is 64.5 Å². The molecule has 1 aliphatic heterocycles. The Morgan fingerprint density at radius 1 is 1.23 bits per heavy atom. The van der Waals surface area contributed by atoms with Gasteiger partial charge in [0.1, 0.15) is 17.2 Å². The number of rotatable bonds is 6. The van der Waals surface area contributed by atoms with E-state index >= 15 is 0 Å². The number of aromatic amines is 1. The molecule has 160 valence electrons. The van der Waals surface area contributed by atoms with Crippen LogP contribution in [0.3, 0.4) is 0 Å². The molecule has 3 heterocycles. The molecule has 0 bridgehead atoms. The monoisotopic (exact) mass is 421 g/mol. The first-order chi connectivity index (χ1) is 15.0. The Morgan fingerprint density at radius 2 is 2.00 bits per heavy atom. The zero-order valence-electron chi connectivity index (χ0n) is 17.4. The Balaban J connectivity index is 1.48. The summed E-state index contributed by atoms with van der Waals surface area (Å²) in [7, 11) is 0. The molecule has 1 amide bonds. The Hall–Kier alpha value is -3.75. The number of nitrogens with zero attached hydrogens (tertiary/aromatic N) is 4. The Bertz CT molecular complexity index is 1110. The normalized spacial score (nSPS) is 13.9. The summed E-state index contributed by atoms with van der Waals surface area (Å²) in [4.78, 5) is 42.6. The van der Waals surface area contributed by atoms with Crippen LogP contribution in [0.5, 0.6) is 11.5 Å². The van der Waals surface area contributed by atoms with Gasteiger partial charge < -0.3 is 19.4 Å². The van der Waals surface area contributed by atoms with Crippen molar-refractivity contribution < 1.29 is 14.3 Å². The number of aromatic nitrogens is 4. The molecular weight excluding hydrogens is 398 g/mol. The van der Waals surface area contributed by atoms with E-state index < -0.39 is 6.10 Å². The van der Waals surface area contributed by atoms with Crippen molar-refractivity contribution in [2.75, 3.05) is 13.2 Å². The Morgan fingerprint density at radius 3 is 2.71 bits per heavy atom. The molecule has 0 radical (unpaired) electrons. The Kier molecular flexibility index (Phi) is 5.92. The highest BCUT2D eigenvalue weighted by atomic mass is 16.5. The molecular formula is C22H23N5O4. The third kappa shape index (κ3) is 4.55. The summed E-state index contributed by atoms with van der Waals surface area (Å²) in [5.74, 6) is 1.50. The van der Waals surface area contributed by atoms with Crippen LogP contribution in [-0.4, -0.2) is 50.0 Å². The molecule has 31 heavy (non-hydrogen) atoms. The minimum atomic E-state index is -0.680. The van der Waals surface area contributed by atoms with Crippen molar-refractivity contribution in [3.8, 4) is 23.0 Å². The van der Waals surface area contributed by atoms with Crippen LogP contribution in [0.25, 0.3) is 11.5 Å². The lowest BCUT2D eigenvalue weighted by Gasteiger charge is -2.30. The zero-order valence-corrected chi connectivity index (χ0v) is 17.4. The van der Waals surface area contributed by atoms with E-state index in [0.717, 1.165) is 5.75 Å². The number of amides is 1. The molecule has 1 aliphatic rings. The van der Waals surface area contributed by atoms with Crippen molar-refractivity contribution in [3.63, 3.8) is 0 Å². The summed E-state index contributed by atoms with van der Waals surface area (Å²) >= 11 is 0. The van der Waals surface area contributed by atoms with Gasteiger partial charge >= 0.3 is 0 Å². The molecule has 0 spiro atoms. The fourth-order valence-corrected chi connectivity index (χ4v) is 3.46. The fraction of sp³-hybridized carbons (Fsp3) is 0.318. The van der Waals surface area contributed by atoms with Gasteiger partial charge in [0.2, 0.25) is 0 Å². The molecule has 0 fully saturated rings. The smallest absolute Gasteiger partial charge is 0.263 e. The quantitative estimate of drug-likeness (QED) is 0.648. The van der Waals surface area contributed by atoms with Crippen molar-refractivity contribution in [2.24, 2.45) is 0 Å². The second-order valence-corrected chi connectivity index (χ2v) is 7.10. The number of fused-ring (bicyclic) bond motifs is 1. The topological polar surface area (TPSA) is 110 Å². The van der Waals surface area contributed by atoms with Gasteiger partial charge in [-0.3, -0.25) is 14.6 Å². The molecule has 2 aromatic heterocycles. The lowest BCUT2D eigenvalue weighted by atomic mass is 10.1. The second-order valence-electron chi connectivity index (χ2n) is 7.10. The minimum absolute atomic E-state index is 0.164. The number of ether oxygens (including phenoxy) is 2. The van der Waals surface area contributed by atoms with Crippen molar-refractivity contribution in [1.82, 2.24) is 24.8 Å². The van der Waals surface area contributed by atoms with Crippen LogP contribution in [0, 0.1) is 0 Å². The third-order valence-electron chi connectivity index (χ3n) is 4.99. The highest BCUT2D eigenvalue weighted by Gasteiger charge is 2.28. The molecule has 0 saturated carbocycles. The first kappa shape index (κ1) is 20.5. The van der Waals surface area contributed by atoms with Gasteiger partial charge in [-0.2, -0.15) is 0 Å². The largest absolute Gasteiger partial charge is 0.494 e. The molecule has 9 nitrogen and oxygen atoms in total. The van der Waals surface area contributed by atoms with E-state index in [0.29, 0.717) is 48.1 Å². The highest BCUT2D eigenvalue weighted by molar-refractivity contribution is 5.81. The number of benzene rings is 1. The maximum atomic E-state index is 13.0. The van der Waals surface area contributed by atoms with Crippen LogP contribution in [0.15, 0.2) is 47.7 Å². The summed E-state index contributed by atoms with van der Waals surface area (Å²) < 4.78 is 11.2. The number of nitrogens with one attached hydrogen (secondary N) is 1. The number of hydrogen-bond donors (Lipinski definition) is 1. The highest BCUT2D eigenvalue weighted by Crippen LogP contribution is 2.21. The van der Waals surface area contributed by atoms with Gasteiger partial charge in [-0.25, -0.2) is 9.97 Å². The molecule has 4 rings (SSSR count). The van der Waals surface area contributed by atoms with Gasteiger partial charge in [-0.1, -0.05) is 0 Å². The van der Waals surface area contributed by atoms with E-state index in [1.807, 2.05) is 6.92 Å². The summed E-state index contributed by atoms with van der Waals surface area (Å²) in [5.41, 5.74) is 1.42. The van der Waals surface area contributed by atoms with E-state index in [1.54, 1.807) is 42.3 Å². The molecule has 1 unspecified atom stereocenters. The average Bonchev–Trinajstić information content (AvgIpc) is 2.80. The first-order valence-electron chi connectivity index (χ1n) is 10.1. The lowest BCUT2D eigenvalue weighted by Crippen LogP contribution is -2.44. The maximum absolute atomic E-state index is 13.0. The van der Waals surface area contributed by atoms with Gasteiger partial charge in [0.15, 0.2) is 11.9 Å². The van der Waals surface area contributed by atoms with E-state index in [4.69, 9.17) is 9.47 Å². The molecule has 0 saturated heterocycles. The summed E-state index contributed by atoms with van der Waals surface area (Å²) in [6.45, 7) is 4.88. The van der Waals surface area contributed by atoms with Gasteiger partial charge in [-0.15, -0.1) is 0 Å². The first-order valence-corrected chi connectivity index (χ1v) is 10.1. The van der Waals surface area contributed by atoms with Crippen LogP contribution in [0.4, 0.5) is 0 Å². The number of carbonyl (C=O) groups is 1. The van der Waals surface area contributed by atoms with E-state index in [9.17, 15) is 9.59 Å². The van der Waals surface area contributed by atoms with E-state index in [-0.39, 0.29) is 18.0 Å². The van der Waals surface area contributed by atoms with Crippen molar-refractivity contribution >= 4 is 5.91 Å². The minimum Gasteiger partial charge on any atom is -0.494 e. The van der Waals surface area contributed by atoms with Crippen LogP contribution in [-0.2, 0) is 17.8 Å². The average molecular weight is 421 g/mol. The zero-order chi connectivity index (χ0) is 21.8. The molecule has 9 heteroatoms. The van der Waals surface area contributed by atoms with Crippen molar-refractivity contribution in [1.29, 1.82) is 0 Å². The lowest BCUT2D eigenvalue weighted by molar-refractivity contribution is -0.139. The van der Waals surface area contributed by atoms with Gasteiger partial charge in [-0.05, 0) is 44.5 Å². The summed E-state index contributed by atoms with van der Waals surface area (Å²) in [5, 5.41) is 0. The molecule has 1 aromatic carbocycles. The molecule has 1 atom stereocenters. The second kappa shape index (κ2) is 8.95. The van der Waals surface area contributed by atoms with Crippen LogP contribution in [0.2, 0.25) is 0 Å². The van der Waals surface area contributed by atoms with E-state index in [2.05, 4.69) is 19.9 Å². The predicted octanol–water partition coefficient (Wildman–Crippen LogP) is 1.98. The van der Waals surface area contributed by atoms with Crippen LogP contribution in [0.1, 0.15) is 25.1 Å². The Labute approximate surface area is 179 Å². The molecule has 0 aliphatic carbocycles. The fourth-order valence-electron chi connectivity index (χ4n) is 3.46. The number of carbonyl (C=O) groups excluding carboxylic acids is 1. The van der Waals surface area contributed by atoms with Gasteiger partial charge in [0, 0.05) is 24.5 Å². The predicted molar refractivity (Wildman–Crippen MR) is 113 cm³/mol. The van der Waals surface area contributed by atoms with Crippen molar-refractivity contribution in [2.45, 2.75) is 32.9 Å². The van der Waals surface area contributed by atoms with E-state index in [1.165, 1.54) is 12.4 Å². The SMILES string of the molecule is CCOc1ccc(OC(C)C(=O)N2CCc3c(nc(-c4cnccn4)[nH]c3=O)C2)cc1. The summed E-state index contributed by atoms with van der Waals surface area (Å²) in [6.07, 6.45) is 4.36. The third-order valence-corrected chi connectivity index (χ3v) is 4.99.